The molecular weight excluding hydrogens is 451 g/mol. The van der Waals surface area contributed by atoms with Gasteiger partial charge in [-0.25, -0.2) is 8.42 Å². The zero-order valence-electron chi connectivity index (χ0n) is 14.5. The van der Waals surface area contributed by atoms with Crippen molar-refractivity contribution in [3.63, 3.8) is 0 Å². The molecule has 0 aliphatic carbocycles. The van der Waals surface area contributed by atoms with Gasteiger partial charge in [0.2, 0.25) is 10.0 Å². The van der Waals surface area contributed by atoms with Gasteiger partial charge in [-0.15, -0.1) is 0 Å². The van der Waals surface area contributed by atoms with Crippen LogP contribution in [0.2, 0.25) is 15.1 Å². The van der Waals surface area contributed by atoms with Crippen molar-refractivity contribution in [1.29, 1.82) is 0 Å². The second kappa shape index (κ2) is 9.58. The number of hydrogen-bond acceptors (Lipinski definition) is 5. The van der Waals surface area contributed by atoms with Crippen LogP contribution in [-0.4, -0.2) is 33.4 Å². The molecule has 0 heterocycles. The molecule has 7 nitrogen and oxygen atoms in total. The molecule has 0 saturated carbocycles. The Hall–Kier alpha value is -1.84. The van der Waals surface area contributed by atoms with Crippen molar-refractivity contribution in [1.82, 2.24) is 4.72 Å². The van der Waals surface area contributed by atoms with Crippen molar-refractivity contribution in [2.45, 2.75) is 11.8 Å². The Morgan fingerprint density at radius 1 is 1.00 bits per heavy atom. The first-order valence-electron chi connectivity index (χ1n) is 7.75. The largest absolute Gasteiger partial charge is 0.455 e. The summed E-state index contributed by atoms with van der Waals surface area (Å²) >= 11 is 17.5. The molecule has 2 aromatic rings. The third-order valence-corrected chi connectivity index (χ3v) is 5.97. The first kappa shape index (κ1) is 22.4. The summed E-state index contributed by atoms with van der Waals surface area (Å²) in [6, 6.07) is 8.63. The summed E-state index contributed by atoms with van der Waals surface area (Å²) in [5.74, 6) is -1.53. The van der Waals surface area contributed by atoms with Crippen LogP contribution in [0.5, 0.6) is 0 Å². The number of rotatable bonds is 7. The number of esters is 1. The Morgan fingerprint density at radius 2 is 1.71 bits per heavy atom. The maximum atomic E-state index is 12.1. The van der Waals surface area contributed by atoms with Gasteiger partial charge in [0.25, 0.3) is 5.91 Å². The lowest BCUT2D eigenvalue weighted by Gasteiger charge is -2.09. The minimum absolute atomic E-state index is 0.0556. The molecule has 0 radical (unpaired) electrons. The second-order valence-electron chi connectivity index (χ2n) is 5.57. The van der Waals surface area contributed by atoms with Gasteiger partial charge < -0.3 is 10.1 Å². The molecule has 28 heavy (non-hydrogen) atoms. The van der Waals surface area contributed by atoms with E-state index < -0.39 is 35.1 Å². The van der Waals surface area contributed by atoms with E-state index in [1.807, 2.05) is 6.92 Å². The molecule has 0 unspecified atom stereocenters. The van der Waals surface area contributed by atoms with Gasteiger partial charge in [0.15, 0.2) is 6.61 Å². The molecular formula is C17H15Cl3N2O5S. The van der Waals surface area contributed by atoms with Crippen LogP contribution in [-0.2, 0) is 24.3 Å². The number of anilines is 1. The van der Waals surface area contributed by atoms with Crippen molar-refractivity contribution in [2.24, 2.45) is 0 Å². The fourth-order valence-corrected chi connectivity index (χ4v) is 3.48. The van der Waals surface area contributed by atoms with Gasteiger partial charge >= 0.3 is 5.97 Å². The number of nitrogens with one attached hydrogen (secondary N) is 2. The van der Waals surface area contributed by atoms with Gasteiger partial charge in [-0.1, -0.05) is 40.9 Å². The molecule has 0 aromatic heterocycles. The molecule has 2 N–H and O–H groups in total. The molecule has 0 aliphatic heterocycles. The van der Waals surface area contributed by atoms with Crippen LogP contribution in [0.1, 0.15) is 5.56 Å². The van der Waals surface area contributed by atoms with Gasteiger partial charge in [0.1, 0.15) is 6.54 Å². The standard InChI is InChI=1S/C17H15Cl3N2O5S/c1-10-2-3-11(6-14(10)19)22-16(23)9-27-17(24)8-21-28(25,26)12-4-5-13(18)15(20)7-12/h2-7,21H,8-9H2,1H3,(H,22,23). The van der Waals surface area contributed by atoms with E-state index in [1.54, 1.807) is 18.2 Å². The van der Waals surface area contributed by atoms with E-state index in [1.165, 1.54) is 12.1 Å². The minimum Gasteiger partial charge on any atom is -0.455 e. The first-order chi connectivity index (χ1) is 13.1. The van der Waals surface area contributed by atoms with Crippen LogP contribution in [0.25, 0.3) is 0 Å². The predicted molar refractivity (Wildman–Crippen MR) is 107 cm³/mol. The molecule has 2 aromatic carbocycles. The first-order valence-corrected chi connectivity index (χ1v) is 10.4. The van der Waals surface area contributed by atoms with Gasteiger partial charge in [-0.3, -0.25) is 9.59 Å². The SMILES string of the molecule is Cc1ccc(NC(=O)COC(=O)CNS(=O)(=O)c2ccc(Cl)c(Cl)c2)cc1Cl. The number of amides is 1. The summed E-state index contributed by atoms with van der Waals surface area (Å²) in [7, 11) is -4.00. The average molecular weight is 466 g/mol. The van der Waals surface area contributed by atoms with Crippen molar-refractivity contribution in [2.75, 3.05) is 18.5 Å². The molecule has 0 bridgehead atoms. The zero-order chi connectivity index (χ0) is 20.9. The van der Waals surface area contributed by atoms with Crippen LogP contribution in [0, 0.1) is 6.92 Å². The molecule has 150 valence electrons. The van der Waals surface area contributed by atoms with E-state index in [-0.39, 0.29) is 14.9 Å². The Bertz CT molecular complexity index is 1010. The zero-order valence-corrected chi connectivity index (χ0v) is 17.5. The van der Waals surface area contributed by atoms with E-state index in [2.05, 4.69) is 10.0 Å². The Kier molecular flexibility index (Phi) is 7.68. The van der Waals surface area contributed by atoms with E-state index in [4.69, 9.17) is 39.5 Å². The fraction of sp³-hybridized carbons (Fsp3) is 0.176. The molecule has 0 aliphatic rings. The molecule has 2 rings (SSSR count). The third-order valence-electron chi connectivity index (χ3n) is 3.43. The summed E-state index contributed by atoms with van der Waals surface area (Å²) in [4.78, 5) is 23.3. The van der Waals surface area contributed by atoms with Crippen LogP contribution < -0.4 is 10.0 Å². The third kappa shape index (κ3) is 6.35. The second-order valence-corrected chi connectivity index (χ2v) is 8.56. The molecule has 11 heteroatoms. The normalized spacial score (nSPS) is 11.1. The topological polar surface area (TPSA) is 102 Å². The highest BCUT2D eigenvalue weighted by Gasteiger charge is 2.18. The number of halogens is 3. The average Bonchev–Trinajstić information content (AvgIpc) is 2.63. The van der Waals surface area contributed by atoms with E-state index in [0.29, 0.717) is 10.7 Å². The maximum Gasteiger partial charge on any atom is 0.321 e. The van der Waals surface area contributed by atoms with Crippen molar-refractivity contribution in [3.05, 3.63) is 57.0 Å². The lowest BCUT2D eigenvalue weighted by Crippen LogP contribution is -2.32. The maximum absolute atomic E-state index is 12.1. The van der Waals surface area contributed by atoms with E-state index in [9.17, 15) is 18.0 Å². The number of sulfonamides is 1. The summed E-state index contributed by atoms with van der Waals surface area (Å²) < 4.78 is 31.1. The minimum atomic E-state index is -4.00. The molecule has 1 amide bonds. The van der Waals surface area contributed by atoms with Gasteiger partial charge in [-0.05, 0) is 42.8 Å². The number of hydrogen-bond donors (Lipinski definition) is 2. The number of ether oxygens (including phenoxy) is 1. The molecule has 0 saturated heterocycles. The highest BCUT2D eigenvalue weighted by Crippen LogP contribution is 2.24. The van der Waals surface area contributed by atoms with E-state index in [0.717, 1.165) is 11.6 Å². The predicted octanol–water partition coefficient (Wildman–Crippen LogP) is 3.42. The van der Waals surface area contributed by atoms with Gasteiger partial charge in [0, 0.05) is 10.7 Å². The van der Waals surface area contributed by atoms with Gasteiger partial charge in [-0.2, -0.15) is 4.72 Å². The number of carbonyl (C=O) groups is 2. The van der Waals surface area contributed by atoms with Crippen molar-refractivity contribution < 1.29 is 22.7 Å². The van der Waals surface area contributed by atoms with Crippen LogP contribution in [0.4, 0.5) is 5.69 Å². The molecule has 0 atom stereocenters. The quantitative estimate of drug-likeness (QED) is 0.610. The smallest absolute Gasteiger partial charge is 0.321 e. The highest BCUT2D eigenvalue weighted by molar-refractivity contribution is 7.89. The van der Waals surface area contributed by atoms with Crippen LogP contribution in [0.3, 0.4) is 0 Å². The van der Waals surface area contributed by atoms with Crippen molar-refractivity contribution >= 4 is 62.4 Å². The summed E-state index contributed by atoms with van der Waals surface area (Å²) in [5.41, 5.74) is 1.29. The summed E-state index contributed by atoms with van der Waals surface area (Å²) in [6.07, 6.45) is 0. The summed E-state index contributed by atoms with van der Waals surface area (Å²) in [5, 5.41) is 3.24. The van der Waals surface area contributed by atoms with E-state index >= 15 is 0 Å². The summed E-state index contributed by atoms with van der Waals surface area (Å²) in [6.45, 7) is 0.569. The van der Waals surface area contributed by atoms with Crippen LogP contribution >= 0.6 is 34.8 Å². The molecule has 0 spiro atoms. The molecule has 0 fully saturated rings. The number of benzene rings is 2. The Labute approximate surface area is 177 Å². The Morgan fingerprint density at radius 3 is 2.36 bits per heavy atom. The number of carbonyl (C=O) groups excluding carboxylic acids is 2. The Balaban J connectivity index is 1.83. The lowest BCUT2D eigenvalue weighted by atomic mass is 10.2. The van der Waals surface area contributed by atoms with Gasteiger partial charge in [0.05, 0.1) is 14.9 Å². The van der Waals surface area contributed by atoms with Crippen molar-refractivity contribution in [3.8, 4) is 0 Å². The monoisotopic (exact) mass is 464 g/mol. The van der Waals surface area contributed by atoms with Crippen LogP contribution in [0.15, 0.2) is 41.3 Å². The lowest BCUT2D eigenvalue weighted by molar-refractivity contribution is -0.146. The number of aryl methyl sites for hydroxylation is 1. The fourth-order valence-electron chi connectivity index (χ4n) is 1.95. The highest BCUT2D eigenvalue weighted by atomic mass is 35.5.